The second kappa shape index (κ2) is 3.92. The largest absolute Gasteiger partial charge is 0.355 e. The van der Waals surface area contributed by atoms with Crippen LogP contribution in [0.4, 0.5) is 5.82 Å². The second-order valence-corrected chi connectivity index (χ2v) is 3.76. The average molecular weight is 192 g/mol. The van der Waals surface area contributed by atoms with E-state index >= 15 is 0 Å². The van der Waals surface area contributed by atoms with Gasteiger partial charge in [0.2, 0.25) is 0 Å². The van der Waals surface area contributed by atoms with Crippen LogP contribution in [0.1, 0.15) is 18.5 Å². The Balaban J connectivity index is 2.04. The summed E-state index contributed by atoms with van der Waals surface area (Å²) in [6.45, 7) is 0.778. The van der Waals surface area contributed by atoms with Crippen LogP contribution in [0.15, 0.2) is 12.1 Å². The molecule has 1 N–H and O–H groups in total. The minimum Gasteiger partial charge on any atom is -0.355 e. The third kappa shape index (κ3) is 2.01. The molecule has 1 fully saturated rings. The highest BCUT2D eigenvalue weighted by Crippen LogP contribution is 2.28. The predicted molar refractivity (Wildman–Crippen MR) is 56.2 cm³/mol. The molecule has 1 aromatic heterocycles. The van der Waals surface area contributed by atoms with Crippen LogP contribution < -0.4 is 10.2 Å². The Hall–Kier alpha value is -1.16. The molecule has 0 atom stereocenters. The molecule has 0 bridgehead atoms. The van der Waals surface area contributed by atoms with Gasteiger partial charge in [-0.15, -0.1) is 5.10 Å². The summed E-state index contributed by atoms with van der Waals surface area (Å²) in [6, 6.07) is 4.76. The molecule has 0 aromatic carbocycles. The number of rotatable bonds is 4. The third-order valence-corrected chi connectivity index (χ3v) is 2.52. The molecular formula is C10H16N4. The van der Waals surface area contributed by atoms with Crippen molar-refractivity contribution in [1.29, 1.82) is 0 Å². The van der Waals surface area contributed by atoms with Crippen molar-refractivity contribution in [3.05, 3.63) is 17.8 Å². The van der Waals surface area contributed by atoms with Gasteiger partial charge in [-0.25, -0.2) is 0 Å². The number of nitrogens with one attached hydrogen (secondary N) is 1. The first-order valence-corrected chi connectivity index (χ1v) is 5.01. The Kier molecular flexibility index (Phi) is 2.63. The fourth-order valence-electron chi connectivity index (χ4n) is 1.47. The van der Waals surface area contributed by atoms with Crippen LogP contribution in [0.5, 0.6) is 0 Å². The van der Waals surface area contributed by atoms with Crippen molar-refractivity contribution in [2.45, 2.75) is 25.4 Å². The monoisotopic (exact) mass is 192 g/mol. The van der Waals surface area contributed by atoms with E-state index in [4.69, 9.17) is 0 Å². The van der Waals surface area contributed by atoms with E-state index in [2.05, 4.69) is 27.5 Å². The van der Waals surface area contributed by atoms with Gasteiger partial charge in [0.1, 0.15) is 0 Å². The first-order chi connectivity index (χ1) is 6.81. The molecule has 0 amide bonds. The number of hydrogen-bond donors (Lipinski definition) is 1. The van der Waals surface area contributed by atoms with E-state index in [1.807, 2.05) is 19.2 Å². The Morgan fingerprint density at radius 2 is 2.21 bits per heavy atom. The number of nitrogens with zero attached hydrogens (tertiary/aromatic N) is 3. The van der Waals surface area contributed by atoms with Gasteiger partial charge in [-0.3, -0.25) is 0 Å². The molecule has 1 aliphatic carbocycles. The normalized spacial score (nSPS) is 15.6. The van der Waals surface area contributed by atoms with Gasteiger partial charge in [-0.05, 0) is 32.0 Å². The van der Waals surface area contributed by atoms with Crippen molar-refractivity contribution in [1.82, 2.24) is 15.5 Å². The fraction of sp³-hybridized carbons (Fsp3) is 0.600. The molecule has 2 rings (SSSR count). The van der Waals surface area contributed by atoms with Crippen LogP contribution >= 0.6 is 0 Å². The van der Waals surface area contributed by atoms with Crippen molar-refractivity contribution in [2.75, 3.05) is 19.0 Å². The molecule has 0 spiro atoms. The van der Waals surface area contributed by atoms with Gasteiger partial charge in [-0.1, -0.05) is 0 Å². The van der Waals surface area contributed by atoms with Gasteiger partial charge in [0.05, 0.1) is 5.69 Å². The van der Waals surface area contributed by atoms with Crippen molar-refractivity contribution < 1.29 is 0 Å². The maximum absolute atomic E-state index is 4.19. The fourth-order valence-corrected chi connectivity index (χ4v) is 1.47. The zero-order valence-electron chi connectivity index (χ0n) is 8.70. The summed E-state index contributed by atoms with van der Waals surface area (Å²) in [4.78, 5) is 2.20. The van der Waals surface area contributed by atoms with Gasteiger partial charge in [0.15, 0.2) is 5.82 Å². The van der Waals surface area contributed by atoms with Gasteiger partial charge < -0.3 is 10.2 Å². The maximum Gasteiger partial charge on any atom is 0.151 e. The lowest BCUT2D eigenvalue weighted by molar-refractivity contribution is 0.758. The zero-order valence-corrected chi connectivity index (χ0v) is 8.70. The standard InChI is InChI=1S/C10H16N4/c1-11-7-8-3-6-10(13-12-8)14(2)9-4-5-9/h3,6,9,11H,4-5,7H2,1-2H3. The molecule has 4 nitrogen and oxygen atoms in total. The minimum absolute atomic E-state index is 0.694. The lowest BCUT2D eigenvalue weighted by Gasteiger charge is -2.16. The molecular weight excluding hydrogens is 176 g/mol. The SMILES string of the molecule is CNCc1ccc(N(C)C2CC2)nn1. The molecule has 14 heavy (non-hydrogen) atoms. The van der Waals surface area contributed by atoms with Crippen LogP contribution in [-0.4, -0.2) is 30.3 Å². The van der Waals surface area contributed by atoms with Crippen LogP contribution in [0.2, 0.25) is 0 Å². The Labute approximate surface area is 84.3 Å². The van der Waals surface area contributed by atoms with Crippen LogP contribution in [0.25, 0.3) is 0 Å². The molecule has 0 radical (unpaired) electrons. The molecule has 76 valence electrons. The van der Waals surface area contributed by atoms with E-state index in [0.29, 0.717) is 6.04 Å². The lowest BCUT2D eigenvalue weighted by Crippen LogP contribution is -2.21. The van der Waals surface area contributed by atoms with E-state index in [9.17, 15) is 0 Å². The number of anilines is 1. The molecule has 1 aliphatic rings. The van der Waals surface area contributed by atoms with Crippen molar-refractivity contribution in [2.24, 2.45) is 0 Å². The molecule has 0 unspecified atom stereocenters. The highest BCUT2D eigenvalue weighted by atomic mass is 15.3. The summed E-state index contributed by atoms with van der Waals surface area (Å²) >= 11 is 0. The third-order valence-electron chi connectivity index (χ3n) is 2.52. The van der Waals surface area contributed by atoms with Crippen molar-refractivity contribution >= 4 is 5.82 Å². The maximum atomic E-state index is 4.19. The highest BCUT2D eigenvalue weighted by molar-refractivity contribution is 5.39. The Bertz CT molecular complexity index is 291. The molecule has 0 aliphatic heterocycles. The molecule has 1 aromatic rings. The molecule has 0 saturated heterocycles. The lowest BCUT2D eigenvalue weighted by atomic mass is 10.3. The Morgan fingerprint density at radius 3 is 2.71 bits per heavy atom. The summed E-state index contributed by atoms with van der Waals surface area (Å²) in [7, 11) is 3.99. The average Bonchev–Trinajstić information content (AvgIpc) is 3.02. The van der Waals surface area contributed by atoms with E-state index in [0.717, 1.165) is 18.1 Å². The summed E-state index contributed by atoms with van der Waals surface area (Å²) in [6.07, 6.45) is 2.58. The molecule has 1 saturated carbocycles. The summed E-state index contributed by atoms with van der Waals surface area (Å²) in [5.74, 6) is 0.979. The zero-order chi connectivity index (χ0) is 9.97. The smallest absolute Gasteiger partial charge is 0.151 e. The van der Waals surface area contributed by atoms with Crippen molar-refractivity contribution in [3.8, 4) is 0 Å². The second-order valence-electron chi connectivity index (χ2n) is 3.76. The van der Waals surface area contributed by atoms with Crippen molar-refractivity contribution in [3.63, 3.8) is 0 Å². The minimum atomic E-state index is 0.694. The first-order valence-electron chi connectivity index (χ1n) is 5.01. The summed E-state index contributed by atoms with van der Waals surface area (Å²) in [5, 5.41) is 11.4. The van der Waals surface area contributed by atoms with Gasteiger partial charge in [0.25, 0.3) is 0 Å². The van der Waals surface area contributed by atoms with Crippen LogP contribution in [0, 0.1) is 0 Å². The van der Waals surface area contributed by atoms with Crippen LogP contribution in [0.3, 0.4) is 0 Å². The topological polar surface area (TPSA) is 41.0 Å². The molecule has 4 heteroatoms. The Morgan fingerprint density at radius 1 is 1.43 bits per heavy atom. The van der Waals surface area contributed by atoms with Gasteiger partial charge >= 0.3 is 0 Å². The van der Waals surface area contributed by atoms with E-state index in [-0.39, 0.29) is 0 Å². The quantitative estimate of drug-likeness (QED) is 0.766. The molecule has 1 heterocycles. The number of hydrogen-bond acceptors (Lipinski definition) is 4. The summed E-state index contributed by atoms with van der Waals surface area (Å²) < 4.78 is 0. The van der Waals surface area contributed by atoms with E-state index < -0.39 is 0 Å². The van der Waals surface area contributed by atoms with Gasteiger partial charge in [-0.2, -0.15) is 5.10 Å². The number of aromatic nitrogens is 2. The first kappa shape index (κ1) is 9.40. The highest BCUT2D eigenvalue weighted by Gasteiger charge is 2.27. The van der Waals surface area contributed by atoms with E-state index in [1.165, 1.54) is 12.8 Å². The predicted octanol–water partition coefficient (Wildman–Crippen LogP) is 0.795. The van der Waals surface area contributed by atoms with Crippen LogP contribution in [-0.2, 0) is 6.54 Å². The van der Waals surface area contributed by atoms with E-state index in [1.54, 1.807) is 0 Å². The van der Waals surface area contributed by atoms with Gasteiger partial charge in [0, 0.05) is 19.6 Å². The summed E-state index contributed by atoms with van der Waals surface area (Å²) in [5.41, 5.74) is 0.987.